The summed E-state index contributed by atoms with van der Waals surface area (Å²) in [5, 5.41) is 3.13. The molecule has 0 spiro atoms. The number of hydrogen-bond donors (Lipinski definition) is 1. The molecule has 0 bridgehead atoms. The number of benzene rings is 1. The van der Waals surface area contributed by atoms with Gasteiger partial charge in [-0.2, -0.15) is 0 Å². The van der Waals surface area contributed by atoms with E-state index >= 15 is 0 Å². The number of hydrogen-bond acceptors (Lipinski definition) is 2. The predicted octanol–water partition coefficient (Wildman–Crippen LogP) is 2.03. The van der Waals surface area contributed by atoms with E-state index in [4.69, 9.17) is 4.74 Å². The predicted molar refractivity (Wildman–Crippen MR) is 55.2 cm³/mol. The summed E-state index contributed by atoms with van der Waals surface area (Å²) in [6, 6.07) is 4.24. The molecule has 0 amide bonds. The first-order valence-electron chi connectivity index (χ1n) is 4.48. The highest BCUT2D eigenvalue weighted by atomic mass is 16.5. The van der Waals surface area contributed by atoms with E-state index in [2.05, 4.69) is 31.3 Å². The molecule has 0 fully saturated rings. The van der Waals surface area contributed by atoms with Gasteiger partial charge in [-0.1, -0.05) is 12.1 Å². The van der Waals surface area contributed by atoms with Crippen LogP contribution in [0, 0.1) is 13.8 Å². The summed E-state index contributed by atoms with van der Waals surface area (Å²) in [6.07, 6.45) is 0. The second-order valence-electron chi connectivity index (χ2n) is 3.23. The number of nitrogens with one attached hydrogen (secondary N) is 1. The van der Waals surface area contributed by atoms with E-state index in [-0.39, 0.29) is 0 Å². The van der Waals surface area contributed by atoms with E-state index in [0.717, 1.165) is 12.3 Å². The lowest BCUT2D eigenvalue weighted by Gasteiger charge is -2.12. The first-order valence-corrected chi connectivity index (χ1v) is 4.48. The van der Waals surface area contributed by atoms with E-state index in [1.165, 1.54) is 16.7 Å². The van der Waals surface area contributed by atoms with Crippen LogP contribution in [0.4, 0.5) is 0 Å². The van der Waals surface area contributed by atoms with E-state index in [9.17, 15) is 0 Å². The Kier molecular flexibility index (Phi) is 3.32. The van der Waals surface area contributed by atoms with Crippen LogP contribution in [0.2, 0.25) is 0 Å². The minimum Gasteiger partial charge on any atom is -0.496 e. The summed E-state index contributed by atoms with van der Waals surface area (Å²) >= 11 is 0. The third kappa shape index (κ3) is 2.01. The molecule has 0 saturated heterocycles. The molecule has 1 rings (SSSR count). The van der Waals surface area contributed by atoms with E-state index in [1.54, 1.807) is 7.11 Å². The van der Waals surface area contributed by atoms with Crippen LogP contribution in [0.25, 0.3) is 0 Å². The number of ether oxygens (including phenoxy) is 1. The van der Waals surface area contributed by atoms with Gasteiger partial charge < -0.3 is 10.1 Å². The number of aryl methyl sites for hydroxylation is 1. The molecule has 1 N–H and O–H groups in total. The largest absolute Gasteiger partial charge is 0.496 e. The molecule has 2 nitrogen and oxygen atoms in total. The van der Waals surface area contributed by atoms with Gasteiger partial charge in [0.25, 0.3) is 0 Å². The molecule has 0 heterocycles. The first kappa shape index (κ1) is 10.1. The molecule has 72 valence electrons. The Labute approximate surface area is 79.9 Å². The Morgan fingerprint density at radius 1 is 1.31 bits per heavy atom. The minimum atomic E-state index is 0.851. The van der Waals surface area contributed by atoms with Crippen LogP contribution < -0.4 is 10.1 Å². The molecule has 0 unspecified atom stereocenters. The molecule has 0 atom stereocenters. The molecular weight excluding hydrogens is 162 g/mol. The molecule has 1 aromatic carbocycles. The molecule has 0 aliphatic carbocycles. The van der Waals surface area contributed by atoms with Gasteiger partial charge in [-0.3, -0.25) is 0 Å². The lowest BCUT2D eigenvalue weighted by Crippen LogP contribution is -2.07. The SMILES string of the molecule is CNCc1ccc(C)c(C)c1OC. The van der Waals surface area contributed by atoms with Crippen LogP contribution in [-0.2, 0) is 6.54 Å². The molecule has 1 aromatic rings. The summed E-state index contributed by atoms with van der Waals surface area (Å²) in [7, 11) is 3.66. The number of methoxy groups -OCH3 is 1. The lowest BCUT2D eigenvalue weighted by molar-refractivity contribution is 0.405. The molecule has 13 heavy (non-hydrogen) atoms. The van der Waals surface area contributed by atoms with Crippen molar-refractivity contribution in [1.82, 2.24) is 5.32 Å². The topological polar surface area (TPSA) is 21.3 Å². The second-order valence-corrected chi connectivity index (χ2v) is 3.23. The molecule has 0 radical (unpaired) electrons. The van der Waals surface area contributed by atoms with Crippen LogP contribution in [0.1, 0.15) is 16.7 Å². The van der Waals surface area contributed by atoms with Crippen molar-refractivity contribution in [2.24, 2.45) is 0 Å². The van der Waals surface area contributed by atoms with Crippen molar-refractivity contribution < 1.29 is 4.74 Å². The fourth-order valence-electron chi connectivity index (χ4n) is 1.46. The summed E-state index contributed by atoms with van der Waals surface area (Å²) < 4.78 is 5.37. The van der Waals surface area contributed by atoms with Crippen molar-refractivity contribution in [2.45, 2.75) is 20.4 Å². The van der Waals surface area contributed by atoms with Crippen molar-refractivity contribution in [3.63, 3.8) is 0 Å². The van der Waals surface area contributed by atoms with E-state index < -0.39 is 0 Å². The highest BCUT2D eigenvalue weighted by Gasteiger charge is 2.06. The smallest absolute Gasteiger partial charge is 0.126 e. The zero-order valence-electron chi connectivity index (χ0n) is 8.77. The summed E-state index contributed by atoms with van der Waals surface area (Å²) in [6.45, 7) is 5.04. The quantitative estimate of drug-likeness (QED) is 0.766. The zero-order chi connectivity index (χ0) is 9.84. The monoisotopic (exact) mass is 179 g/mol. The van der Waals surface area contributed by atoms with Gasteiger partial charge in [0.15, 0.2) is 0 Å². The summed E-state index contributed by atoms with van der Waals surface area (Å²) in [5.74, 6) is 1.01. The molecular formula is C11H17NO. The third-order valence-corrected chi connectivity index (χ3v) is 2.33. The Morgan fingerprint density at radius 2 is 2.00 bits per heavy atom. The van der Waals surface area contributed by atoms with Crippen LogP contribution in [-0.4, -0.2) is 14.2 Å². The van der Waals surface area contributed by atoms with Gasteiger partial charge in [0, 0.05) is 12.1 Å². The van der Waals surface area contributed by atoms with Gasteiger partial charge in [0.2, 0.25) is 0 Å². The van der Waals surface area contributed by atoms with Gasteiger partial charge in [-0.15, -0.1) is 0 Å². The summed E-state index contributed by atoms with van der Waals surface area (Å²) in [5.41, 5.74) is 3.72. The standard InChI is InChI=1S/C11H17NO/c1-8-5-6-10(7-12-3)11(13-4)9(8)2/h5-6,12H,7H2,1-4H3. The van der Waals surface area contributed by atoms with Gasteiger partial charge in [0.1, 0.15) is 5.75 Å². The molecule has 0 aromatic heterocycles. The maximum atomic E-state index is 5.37. The van der Waals surface area contributed by atoms with Gasteiger partial charge in [-0.05, 0) is 32.0 Å². The zero-order valence-corrected chi connectivity index (χ0v) is 8.77. The normalized spacial score (nSPS) is 10.2. The van der Waals surface area contributed by atoms with Crippen LogP contribution in [0.5, 0.6) is 5.75 Å². The molecule has 0 aliphatic rings. The Morgan fingerprint density at radius 3 is 2.54 bits per heavy atom. The lowest BCUT2D eigenvalue weighted by atomic mass is 10.0. The Balaban J connectivity index is 3.13. The highest BCUT2D eigenvalue weighted by molar-refractivity contribution is 5.45. The first-order chi connectivity index (χ1) is 6.20. The van der Waals surface area contributed by atoms with Gasteiger partial charge in [-0.25, -0.2) is 0 Å². The molecule has 0 aliphatic heterocycles. The van der Waals surface area contributed by atoms with E-state index in [0.29, 0.717) is 0 Å². The van der Waals surface area contributed by atoms with Crippen LogP contribution >= 0.6 is 0 Å². The Bertz CT molecular complexity index is 294. The number of rotatable bonds is 3. The van der Waals surface area contributed by atoms with Crippen molar-refractivity contribution in [2.75, 3.05) is 14.2 Å². The van der Waals surface area contributed by atoms with Gasteiger partial charge >= 0.3 is 0 Å². The second kappa shape index (κ2) is 4.28. The highest BCUT2D eigenvalue weighted by Crippen LogP contribution is 2.25. The van der Waals surface area contributed by atoms with Crippen molar-refractivity contribution in [3.05, 3.63) is 28.8 Å². The maximum Gasteiger partial charge on any atom is 0.126 e. The molecule has 0 saturated carbocycles. The maximum absolute atomic E-state index is 5.37. The van der Waals surface area contributed by atoms with Crippen molar-refractivity contribution >= 4 is 0 Å². The van der Waals surface area contributed by atoms with Crippen molar-refractivity contribution in [3.8, 4) is 5.75 Å². The summed E-state index contributed by atoms with van der Waals surface area (Å²) in [4.78, 5) is 0. The fourth-order valence-corrected chi connectivity index (χ4v) is 1.46. The van der Waals surface area contributed by atoms with E-state index in [1.807, 2.05) is 7.05 Å². The van der Waals surface area contributed by atoms with Crippen LogP contribution in [0.3, 0.4) is 0 Å². The average Bonchev–Trinajstić information content (AvgIpc) is 2.12. The van der Waals surface area contributed by atoms with Crippen LogP contribution in [0.15, 0.2) is 12.1 Å². The third-order valence-electron chi connectivity index (χ3n) is 2.33. The van der Waals surface area contributed by atoms with Crippen molar-refractivity contribution in [1.29, 1.82) is 0 Å². The van der Waals surface area contributed by atoms with Gasteiger partial charge in [0.05, 0.1) is 7.11 Å². The molecule has 2 heteroatoms. The average molecular weight is 179 g/mol. The Hall–Kier alpha value is -1.02. The minimum absolute atomic E-state index is 0.851. The fraction of sp³-hybridized carbons (Fsp3) is 0.455.